The lowest BCUT2D eigenvalue weighted by atomic mass is 10.1. The van der Waals surface area contributed by atoms with Crippen molar-refractivity contribution < 1.29 is 13.2 Å². The van der Waals surface area contributed by atoms with E-state index in [0.717, 1.165) is 12.3 Å². The standard InChI is InChI=1S/C17H9F3N8/c18-17(19,20)12-2-1-7-22-14(12)13-9-23-28-15(26-27-16(28)25-13)24-11-5-3-10(8-21)4-6-11/h1-7,9H,(H,24,26). The summed E-state index contributed by atoms with van der Waals surface area (Å²) in [7, 11) is 0. The summed E-state index contributed by atoms with van der Waals surface area (Å²) >= 11 is 0. The molecule has 0 aliphatic heterocycles. The number of nitriles is 1. The van der Waals surface area contributed by atoms with Crippen molar-refractivity contribution >= 4 is 17.4 Å². The number of anilines is 2. The molecule has 0 spiro atoms. The summed E-state index contributed by atoms with van der Waals surface area (Å²) in [5.74, 6) is 0.225. The molecule has 138 valence electrons. The molecule has 0 aliphatic carbocycles. The average Bonchev–Trinajstić information content (AvgIpc) is 3.10. The summed E-state index contributed by atoms with van der Waals surface area (Å²) in [4.78, 5) is 7.88. The van der Waals surface area contributed by atoms with Crippen LogP contribution in [0.25, 0.3) is 17.2 Å². The van der Waals surface area contributed by atoms with Gasteiger partial charge in [0.25, 0.3) is 11.7 Å². The lowest BCUT2D eigenvalue weighted by molar-refractivity contribution is -0.137. The summed E-state index contributed by atoms with van der Waals surface area (Å²) in [5.41, 5.74) is -0.198. The lowest BCUT2D eigenvalue weighted by Crippen LogP contribution is -2.09. The third-order valence-corrected chi connectivity index (χ3v) is 3.77. The zero-order valence-electron chi connectivity index (χ0n) is 13.9. The van der Waals surface area contributed by atoms with Crippen LogP contribution in [0.2, 0.25) is 0 Å². The number of nitrogens with one attached hydrogen (secondary N) is 1. The Hall–Kier alpha value is -4.07. The molecule has 0 unspecified atom stereocenters. The topological polar surface area (TPSA) is 105 Å². The molecular formula is C17H9F3N8. The largest absolute Gasteiger partial charge is 0.418 e. The van der Waals surface area contributed by atoms with E-state index in [-0.39, 0.29) is 23.1 Å². The number of nitrogens with zero attached hydrogens (tertiary/aromatic N) is 7. The minimum absolute atomic E-state index is 0.00687. The smallest absolute Gasteiger partial charge is 0.323 e. The van der Waals surface area contributed by atoms with Crippen molar-refractivity contribution in [2.24, 2.45) is 0 Å². The van der Waals surface area contributed by atoms with Crippen molar-refractivity contribution in [2.75, 3.05) is 5.32 Å². The van der Waals surface area contributed by atoms with Gasteiger partial charge in [-0.1, -0.05) is 0 Å². The molecule has 3 heterocycles. The average molecular weight is 382 g/mol. The fourth-order valence-corrected chi connectivity index (χ4v) is 2.48. The minimum atomic E-state index is -4.58. The first-order chi connectivity index (χ1) is 13.5. The van der Waals surface area contributed by atoms with Gasteiger partial charge in [0.1, 0.15) is 11.4 Å². The predicted molar refractivity (Wildman–Crippen MR) is 91.2 cm³/mol. The van der Waals surface area contributed by atoms with Crippen LogP contribution in [-0.4, -0.2) is 29.8 Å². The normalized spacial score (nSPS) is 11.4. The lowest BCUT2D eigenvalue weighted by Gasteiger charge is -2.10. The Labute approximate surface area is 155 Å². The zero-order chi connectivity index (χ0) is 19.7. The zero-order valence-corrected chi connectivity index (χ0v) is 13.9. The molecule has 0 atom stereocenters. The molecule has 0 amide bonds. The highest BCUT2D eigenvalue weighted by Crippen LogP contribution is 2.34. The first-order valence-electron chi connectivity index (χ1n) is 7.84. The van der Waals surface area contributed by atoms with Crippen LogP contribution in [0, 0.1) is 11.3 Å². The van der Waals surface area contributed by atoms with Gasteiger partial charge in [-0.3, -0.25) is 4.98 Å². The Balaban J connectivity index is 1.70. The number of hydrogen-bond donors (Lipinski definition) is 1. The third kappa shape index (κ3) is 3.18. The quantitative estimate of drug-likeness (QED) is 0.580. The number of pyridine rings is 1. The summed E-state index contributed by atoms with van der Waals surface area (Å²) in [6, 6.07) is 10.7. The molecule has 0 saturated heterocycles. The fourth-order valence-electron chi connectivity index (χ4n) is 2.48. The molecular weight excluding hydrogens is 373 g/mol. The molecule has 3 aromatic heterocycles. The molecule has 4 rings (SSSR count). The number of alkyl halides is 3. The van der Waals surface area contributed by atoms with E-state index in [1.54, 1.807) is 24.3 Å². The molecule has 11 heteroatoms. The highest BCUT2D eigenvalue weighted by atomic mass is 19.4. The second-order valence-corrected chi connectivity index (χ2v) is 5.59. The number of fused-ring (bicyclic) bond motifs is 1. The maximum atomic E-state index is 13.2. The number of aromatic nitrogens is 6. The van der Waals surface area contributed by atoms with Crippen LogP contribution >= 0.6 is 0 Å². The van der Waals surface area contributed by atoms with Gasteiger partial charge < -0.3 is 5.32 Å². The van der Waals surface area contributed by atoms with Gasteiger partial charge in [-0.05, 0) is 36.4 Å². The SMILES string of the molecule is N#Cc1ccc(Nc2nnc3nc(-c4ncccc4C(F)(F)F)cnn23)cc1. The van der Waals surface area contributed by atoms with E-state index in [1.807, 2.05) is 6.07 Å². The van der Waals surface area contributed by atoms with Crippen molar-refractivity contribution in [1.82, 2.24) is 29.8 Å². The van der Waals surface area contributed by atoms with Crippen molar-refractivity contribution in [3.8, 4) is 17.5 Å². The Morgan fingerprint density at radius 2 is 1.86 bits per heavy atom. The summed E-state index contributed by atoms with van der Waals surface area (Å²) in [6.07, 6.45) is -2.16. The van der Waals surface area contributed by atoms with E-state index in [4.69, 9.17) is 5.26 Å². The van der Waals surface area contributed by atoms with Crippen LogP contribution in [0.15, 0.2) is 48.8 Å². The highest BCUT2D eigenvalue weighted by molar-refractivity contribution is 5.61. The van der Waals surface area contributed by atoms with Crippen LogP contribution in [0.1, 0.15) is 11.1 Å². The van der Waals surface area contributed by atoms with E-state index in [0.29, 0.717) is 11.3 Å². The maximum Gasteiger partial charge on any atom is 0.418 e. The van der Waals surface area contributed by atoms with Crippen molar-refractivity contribution in [1.29, 1.82) is 5.26 Å². The molecule has 4 aromatic rings. The highest BCUT2D eigenvalue weighted by Gasteiger charge is 2.34. The Bertz CT molecular complexity index is 1190. The molecule has 0 fully saturated rings. The summed E-state index contributed by atoms with van der Waals surface area (Å²) in [5, 5.41) is 23.6. The van der Waals surface area contributed by atoms with Gasteiger partial charge in [-0.2, -0.15) is 28.0 Å². The van der Waals surface area contributed by atoms with E-state index >= 15 is 0 Å². The van der Waals surface area contributed by atoms with Gasteiger partial charge in [-0.25, -0.2) is 4.98 Å². The second-order valence-electron chi connectivity index (χ2n) is 5.59. The van der Waals surface area contributed by atoms with E-state index < -0.39 is 11.7 Å². The summed E-state index contributed by atoms with van der Waals surface area (Å²) < 4.78 is 40.8. The summed E-state index contributed by atoms with van der Waals surface area (Å²) in [6.45, 7) is 0. The van der Waals surface area contributed by atoms with Crippen LogP contribution < -0.4 is 5.32 Å². The van der Waals surface area contributed by atoms with Crippen LogP contribution in [0.3, 0.4) is 0 Å². The number of rotatable bonds is 3. The molecule has 1 aromatic carbocycles. The van der Waals surface area contributed by atoms with Gasteiger partial charge >= 0.3 is 6.18 Å². The van der Waals surface area contributed by atoms with Crippen LogP contribution in [0.4, 0.5) is 24.8 Å². The number of hydrogen-bond acceptors (Lipinski definition) is 7. The number of halogens is 3. The first-order valence-corrected chi connectivity index (χ1v) is 7.84. The van der Waals surface area contributed by atoms with Crippen LogP contribution in [-0.2, 0) is 6.18 Å². The van der Waals surface area contributed by atoms with E-state index in [2.05, 4.69) is 30.6 Å². The molecule has 28 heavy (non-hydrogen) atoms. The van der Waals surface area contributed by atoms with Gasteiger partial charge in [0.05, 0.1) is 23.4 Å². The monoisotopic (exact) mass is 382 g/mol. The van der Waals surface area contributed by atoms with Gasteiger partial charge in [-0.15, -0.1) is 10.2 Å². The van der Waals surface area contributed by atoms with E-state index in [9.17, 15) is 13.2 Å². The molecule has 0 bridgehead atoms. The maximum absolute atomic E-state index is 13.2. The first kappa shape index (κ1) is 17.3. The molecule has 0 radical (unpaired) electrons. The van der Waals surface area contributed by atoms with Gasteiger partial charge in [0, 0.05) is 11.9 Å². The molecule has 1 N–H and O–H groups in total. The predicted octanol–water partition coefficient (Wildman–Crippen LogP) is 3.22. The van der Waals surface area contributed by atoms with E-state index in [1.165, 1.54) is 16.8 Å². The van der Waals surface area contributed by atoms with Crippen molar-refractivity contribution in [3.05, 3.63) is 59.9 Å². The van der Waals surface area contributed by atoms with Gasteiger partial charge in [0.15, 0.2) is 0 Å². The Kier molecular flexibility index (Phi) is 4.08. The van der Waals surface area contributed by atoms with Crippen LogP contribution in [0.5, 0.6) is 0 Å². The fraction of sp³-hybridized carbons (Fsp3) is 0.0588. The Morgan fingerprint density at radius 1 is 1.07 bits per heavy atom. The minimum Gasteiger partial charge on any atom is -0.323 e. The third-order valence-electron chi connectivity index (χ3n) is 3.77. The number of benzene rings is 1. The molecule has 8 nitrogen and oxygen atoms in total. The molecule has 0 aliphatic rings. The Morgan fingerprint density at radius 3 is 2.57 bits per heavy atom. The van der Waals surface area contributed by atoms with Gasteiger partial charge in [0.2, 0.25) is 0 Å². The van der Waals surface area contributed by atoms with Crippen molar-refractivity contribution in [3.63, 3.8) is 0 Å². The molecule has 0 saturated carbocycles. The second kappa shape index (κ2) is 6.58. The van der Waals surface area contributed by atoms with Crippen molar-refractivity contribution in [2.45, 2.75) is 6.18 Å².